The number of halogens is 1. The van der Waals surface area contributed by atoms with E-state index in [9.17, 15) is 4.79 Å². The molecule has 0 bridgehead atoms. The summed E-state index contributed by atoms with van der Waals surface area (Å²) in [6.45, 7) is 2.19. The quantitative estimate of drug-likeness (QED) is 0.785. The second kappa shape index (κ2) is 6.21. The smallest absolute Gasteiger partial charge is 0.188 e. The van der Waals surface area contributed by atoms with E-state index in [0.29, 0.717) is 10.6 Å². The van der Waals surface area contributed by atoms with Gasteiger partial charge in [-0.3, -0.25) is 4.79 Å². The van der Waals surface area contributed by atoms with Crippen molar-refractivity contribution >= 4 is 23.1 Å². The summed E-state index contributed by atoms with van der Waals surface area (Å²) in [7, 11) is 1.52. The first kappa shape index (κ1) is 13.4. The van der Waals surface area contributed by atoms with Crippen LogP contribution in [0.15, 0.2) is 18.2 Å². The third-order valence-electron chi connectivity index (χ3n) is 3.24. The van der Waals surface area contributed by atoms with Gasteiger partial charge in [0.15, 0.2) is 5.78 Å². The summed E-state index contributed by atoms with van der Waals surface area (Å²) in [6.07, 6.45) is 3.71. The van der Waals surface area contributed by atoms with Gasteiger partial charge in [0, 0.05) is 25.8 Å². The molecule has 1 aromatic rings. The third kappa shape index (κ3) is 3.03. The highest BCUT2D eigenvalue weighted by Gasteiger charge is 2.15. The average Bonchev–Trinajstić information content (AvgIpc) is 2.40. The van der Waals surface area contributed by atoms with Gasteiger partial charge in [-0.15, -0.1) is 0 Å². The molecule has 0 amide bonds. The van der Waals surface area contributed by atoms with Gasteiger partial charge in [-0.05, 0) is 37.5 Å². The molecule has 0 aliphatic carbocycles. The van der Waals surface area contributed by atoms with Crippen LogP contribution < -0.4 is 4.90 Å². The summed E-state index contributed by atoms with van der Waals surface area (Å²) >= 11 is 6.27. The van der Waals surface area contributed by atoms with E-state index in [1.54, 1.807) is 6.07 Å². The molecule has 0 radical (unpaired) electrons. The lowest BCUT2D eigenvalue weighted by Crippen LogP contribution is -2.29. The fourth-order valence-corrected chi connectivity index (χ4v) is 2.59. The van der Waals surface area contributed by atoms with Crippen LogP contribution in [0.25, 0.3) is 0 Å². The van der Waals surface area contributed by atoms with E-state index < -0.39 is 0 Å². The number of carbonyl (C=O) groups excluding carboxylic acids is 1. The third-order valence-corrected chi connectivity index (χ3v) is 3.54. The molecule has 1 aliphatic heterocycles. The lowest BCUT2D eigenvalue weighted by Gasteiger charge is -2.29. The van der Waals surface area contributed by atoms with Crippen LogP contribution in [0.3, 0.4) is 0 Å². The summed E-state index contributed by atoms with van der Waals surface area (Å²) in [4.78, 5) is 14.0. The Bertz CT molecular complexity index is 428. The maximum Gasteiger partial charge on any atom is 0.188 e. The van der Waals surface area contributed by atoms with Crippen LogP contribution in [0.5, 0.6) is 0 Å². The fourth-order valence-electron chi connectivity index (χ4n) is 2.29. The van der Waals surface area contributed by atoms with Gasteiger partial charge < -0.3 is 9.64 Å². The Labute approximate surface area is 113 Å². The van der Waals surface area contributed by atoms with Crippen molar-refractivity contribution < 1.29 is 9.53 Å². The Morgan fingerprint density at radius 2 is 2.06 bits per heavy atom. The first-order chi connectivity index (χ1) is 8.72. The Hall–Kier alpha value is -1.06. The molecule has 4 heteroatoms. The van der Waals surface area contributed by atoms with E-state index in [4.69, 9.17) is 16.3 Å². The second-order valence-electron chi connectivity index (χ2n) is 4.57. The highest BCUT2D eigenvalue weighted by Crippen LogP contribution is 2.29. The van der Waals surface area contributed by atoms with E-state index >= 15 is 0 Å². The monoisotopic (exact) mass is 267 g/mol. The summed E-state index contributed by atoms with van der Waals surface area (Å²) < 4.78 is 4.84. The zero-order valence-corrected chi connectivity index (χ0v) is 11.4. The van der Waals surface area contributed by atoms with Crippen LogP contribution in [-0.4, -0.2) is 32.6 Å². The Kier molecular flexibility index (Phi) is 4.61. The van der Waals surface area contributed by atoms with E-state index in [1.165, 1.54) is 26.4 Å². The molecule has 98 valence electrons. The number of Topliss-reactive ketones (excluding diaryl/α,β-unsaturated/α-hetero) is 1. The van der Waals surface area contributed by atoms with Crippen molar-refractivity contribution in [2.75, 3.05) is 31.7 Å². The highest BCUT2D eigenvalue weighted by molar-refractivity contribution is 6.33. The van der Waals surface area contributed by atoms with Gasteiger partial charge in [0.1, 0.15) is 6.61 Å². The van der Waals surface area contributed by atoms with Gasteiger partial charge in [0.25, 0.3) is 0 Å². The zero-order chi connectivity index (χ0) is 13.0. The number of methoxy groups -OCH3 is 1. The summed E-state index contributed by atoms with van der Waals surface area (Å²) in [5.74, 6) is -0.0374. The van der Waals surface area contributed by atoms with Gasteiger partial charge >= 0.3 is 0 Å². The standard InChI is InChI=1S/C14H18ClNO2/c1-18-10-14(17)11-5-6-13(12(15)9-11)16-7-3-2-4-8-16/h5-6,9H,2-4,7-8,10H2,1H3. The number of nitrogens with zero attached hydrogens (tertiary/aromatic N) is 1. The van der Waals surface area contributed by atoms with Crippen molar-refractivity contribution in [3.63, 3.8) is 0 Å². The number of hydrogen-bond acceptors (Lipinski definition) is 3. The Morgan fingerprint density at radius 1 is 1.33 bits per heavy atom. The van der Waals surface area contributed by atoms with Crippen molar-refractivity contribution in [1.82, 2.24) is 0 Å². The number of ether oxygens (including phenoxy) is 1. The second-order valence-corrected chi connectivity index (χ2v) is 4.98. The minimum absolute atomic E-state index is 0.0374. The lowest BCUT2D eigenvalue weighted by molar-refractivity contribution is 0.0848. The van der Waals surface area contributed by atoms with Crippen molar-refractivity contribution in [1.29, 1.82) is 0 Å². The molecular formula is C14H18ClNO2. The van der Waals surface area contributed by atoms with Crippen molar-refractivity contribution in [3.8, 4) is 0 Å². The van der Waals surface area contributed by atoms with Crippen LogP contribution in [0.1, 0.15) is 29.6 Å². The van der Waals surface area contributed by atoms with Gasteiger partial charge in [0.2, 0.25) is 0 Å². The van der Waals surface area contributed by atoms with Crippen molar-refractivity contribution in [2.24, 2.45) is 0 Å². The molecule has 1 fully saturated rings. The zero-order valence-electron chi connectivity index (χ0n) is 10.6. The van der Waals surface area contributed by atoms with Crippen LogP contribution in [-0.2, 0) is 4.74 Å². The van der Waals surface area contributed by atoms with E-state index in [1.807, 2.05) is 12.1 Å². The molecule has 1 aromatic carbocycles. The van der Waals surface area contributed by atoms with Gasteiger partial charge in [-0.2, -0.15) is 0 Å². The van der Waals surface area contributed by atoms with E-state index in [0.717, 1.165) is 18.8 Å². The Morgan fingerprint density at radius 3 is 2.67 bits per heavy atom. The molecule has 3 nitrogen and oxygen atoms in total. The average molecular weight is 268 g/mol. The molecule has 2 rings (SSSR count). The molecule has 1 saturated heterocycles. The molecular weight excluding hydrogens is 250 g/mol. The largest absolute Gasteiger partial charge is 0.377 e. The number of benzene rings is 1. The number of ketones is 1. The van der Waals surface area contributed by atoms with Crippen LogP contribution in [0.2, 0.25) is 5.02 Å². The molecule has 0 aromatic heterocycles. The molecule has 0 spiro atoms. The first-order valence-electron chi connectivity index (χ1n) is 6.29. The minimum atomic E-state index is -0.0374. The SMILES string of the molecule is COCC(=O)c1ccc(N2CCCCC2)c(Cl)c1. The van der Waals surface area contributed by atoms with E-state index in [2.05, 4.69) is 4.90 Å². The lowest BCUT2D eigenvalue weighted by atomic mass is 10.1. The maximum absolute atomic E-state index is 11.7. The molecule has 1 aliphatic rings. The molecule has 0 N–H and O–H groups in total. The number of piperidine rings is 1. The molecule has 0 atom stereocenters. The number of hydrogen-bond donors (Lipinski definition) is 0. The van der Waals surface area contributed by atoms with Crippen LogP contribution >= 0.6 is 11.6 Å². The number of carbonyl (C=O) groups is 1. The highest BCUT2D eigenvalue weighted by atomic mass is 35.5. The fraction of sp³-hybridized carbons (Fsp3) is 0.500. The molecule has 18 heavy (non-hydrogen) atoms. The van der Waals surface area contributed by atoms with Gasteiger partial charge in [-0.25, -0.2) is 0 Å². The van der Waals surface area contributed by atoms with Crippen molar-refractivity contribution in [3.05, 3.63) is 28.8 Å². The number of rotatable bonds is 4. The molecule has 0 unspecified atom stereocenters. The summed E-state index contributed by atoms with van der Waals surface area (Å²) in [5.41, 5.74) is 1.65. The van der Waals surface area contributed by atoms with Crippen LogP contribution in [0, 0.1) is 0 Å². The predicted molar refractivity (Wildman–Crippen MR) is 73.7 cm³/mol. The van der Waals surface area contributed by atoms with Crippen molar-refractivity contribution in [2.45, 2.75) is 19.3 Å². The van der Waals surface area contributed by atoms with Gasteiger partial charge in [-0.1, -0.05) is 11.6 Å². The minimum Gasteiger partial charge on any atom is -0.377 e. The molecule has 1 heterocycles. The summed E-state index contributed by atoms with van der Waals surface area (Å²) in [5, 5.41) is 0.652. The van der Waals surface area contributed by atoms with Gasteiger partial charge in [0.05, 0.1) is 10.7 Å². The summed E-state index contributed by atoms with van der Waals surface area (Å²) in [6, 6.07) is 5.51. The maximum atomic E-state index is 11.7. The predicted octanol–water partition coefficient (Wildman–Crippen LogP) is 3.16. The Balaban J connectivity index is 2.16. The van der Waals surface area contributed by atoms with E-state index in [-0.39, 0.29) is 12.4 Å². The number of anilines is 1. The normalized spacial score (nSPS) is 15.8. The van der Waals surface area contributed by atoms with Crippen LogP contribution in [0.4, 0.5) is 5.69 Å². The first-order valence-corrected chi connectivity index (χ1v) is 6.67. The molecule has 0 saturated carbocycles. The topological polar surface area (TPSA) is 29.5 Å².